The summed E-state index contributed by atoms with van der Waals surface area (Å²) in [6.45, 7) is 26.7. The van der Waals surface area contributed by atoms with Crippen molar-refractivity contribution in [2.75, 3.05) is 0 Å². The van der Waals surface area contributed by atoms with Gasteiger partial charge in [-0.3, -0.25) is 9.55 Å². The molecule has 4 nitrogen and oxygen atoms in total. The number of hydrogen-bond acceptors (Lipinski definition) is 3. The second-order valence-electron chi connectivity index (χ2n) is 21.1. The van der Waals surface area contributed by atoms with Crippen molar-refractivity contribution < 1.29 is 5.11 Å². The minimum atomic E-state index is -0.315. The minimum absolute atomic E-state index is 0.0352. The largest absolute Gasteiger partial charge is 0.507 e. The van der Waals surface area contributed by atoms with Gasteiger partial charge in [0.15, 0.2) is 0 Å². The Labute approximate surface area is 369 Å². The zero-order valence-electron chi connectivity index (χ0n) is 38.6. The monoisotopic (exact) mass is 815 g/mol. The predicted octanol–water partition coefficient (Wildman–Crippen LogP) is 15.7. The first kappa shape index (κ1) is 42.4. The summed E-state index contributed by atoms with van der Waals surface area (Å²) in [5.41, 5.74) is 16.0. The van der Waals surface area contributed by atoms with E-state index >= 15 is 0 Å². The highest BCUT2D eigenvalue weighted by Crippen LogP contribution is 2.46. The van der Waals surface area contributed by atoms with Crippen LogP contribution in [0.4, 0.5) is 0 Å². The maximum atomic E-state index is 12.5. The van der Waals surface area contributed by atoms with Crippen molar-refractivity contribution in [3.8, 4) is 67.5 Å². The van der Waals surface area contributed by atoms with Gasteiger partial charge in [0.05, 0.1) is 28.0 Å². The van der Waals surface area contributed by atoms with E-state index in [9.17, 15) is 5.11 Å². The average molecular weight is 816 g/mol. The van der Waals surface area contributed by atoms with Crippen LogP contribution >= 0.6 is 0 Å². The van der Waals surface area contributed by atoms with Gasteiger partial charge in [0.25, 0.3) is 0 Å². The molecule has 0 spiro atoms. The van der Waals surface area contributed by atoms with Gasteiger partial charge < -0.3 is 5.11 Å². The number of hydrogen-bond donors (Lipinski definition) is 1. The van der Waals surface area contributed by atoms with Crippen LogP contribution in [0, 0.1) is 0 Å². The molecule has 314 valence electrons. The Kier molecular flexibility index (Phi) is 10.7. The molecule has 1 N–H and O–H groups in total. The van der Waals surface area contributed by atoms with Crippen molar-refractivity contribution in [2.45, 2.75) is 105 Å². The number of nitrogens with zero attached hydrogens (tertiary/aromatic N) is 3. The summed E-state index contributed by atoms with van der Waals surface area (Å²) in [6, 6.07) is 50.0. The molecule has 2 aromatic heterocycles. The van der Waals surface area contributed by atoms with Crippen LogP contribution in [0.15, 0.2) is 146 Å². The Morgan fingerprint density at radius 3 is 1.71 bits per heavy atom. The van der Waals surface area contributed by atoms with Gasteiger partial charge >= 0.3 is 0 Å². The molecule has 0 aliphatic rings. The van der Waals surface area contributed by atoms with Crippen molar-refractivity contribution >= 4 is 11.0 Å². The summed E-state index contributed by atoms with van der Waals surface area (Å²) in [6.07, 6.45) is 1.91. The summed E-state index contributed by atoms with van der Waals surface area (Å²) in [7, 11) is 0. The average Bonchev–Trinajstić information content (AvgIpc) is 3.62. The van der Waals surface area contributed by atoms with Gasteiger partial charge in [-0.25, -0.2) is 4.98 Å². The summed E-state index contributed by atoms with van der Waals surface area (Å²) in [5.74, 6) is 0.960. The molecule has 6 aromatic carbocycles. The van der Waals surface area contributed by atoms with Crippen molar-refractivity contribution in [1.82, 2.24) is 14.5 Å². The van der Waals surface area contributed by atoms with E-state index in [1.54, 1.807) is 0 Å². The first-order chi connectivity index (χ1) is 29.2. The Bertz CT molecular complexity index is 2920. The van der Waals surface area contributed by atoms with E-state index in [2.05, 4.69) is 221 Å². The van der Waals surface area contributed by atoms with E-state index < -0.39 is 0 Å². The maximum Gasteiger partial charge on any atom is 0.149 e. The first-order valence-corrected chi connectivity index (χ1v) is 22.0. The maximum absolute atomic E-state index is 12.5. The summed E-state index contributed by atoms with van der Waals surface area (Å²) in [4.78, 5) is 10.6. The topological polar surface area (TPSA) is 50.9 Å². The van der Waals surface area contributed by atoms with Crippen LogP contribution < -0.4 is 0 Å². The third kappa shape index (κ3) is 8.23. The highest BCUT2D eigenvalue weighted by molar-refractivity contribution is 5.98. The van der Waals surface area contributed by atoms with E-state index in [1.807, 2.05) is 12.3 Å². The second kappa shape index (κ2) is 15.6. The zero-order chi connectivity index (χ0) is 44.4. The fourth-order valence-corrected chi connectivity index (χ4v) is 8.39. The molecule has 0 unspecified atom stereocenters. The van der Waals surface area contributed by atoms with Gasteiger partial charge in [-0.05, 0) is 103 Å². The number of pyridine rings is 1. The number of rotatable bonds is 6. The minimum Gasteiger partial charge on any atom is -0.507 e. The molecule has 2 heterocycles. The highest BCUT2D eigenvalue weighted by Gasteiger charge is 2.29. The molecular formula is C58H61N3O. The molecular weight excluding hydrogens is 755 g/mol. The molecule has 0 radical (unpaired) electrons. The SMILES string of the molecule is CC(C)(C)c1ccc(-c2ccccc2-n2c(-c3cc(C(C)(C)C)cc(C(C)(C)C)c3O)nc3c(-c4cc(-c5cc(-c6ccccc6)ccn5)cc(C(C)(C)C)c4)cccc32)cc1. The number of phenols is 1. The Hall–Kier alpha value is -6.26. The molecule has 0 bridgehead atoms. The third-order valence-electron chi connectivity index (χ3n) is 12.2. The molecule has 8 rings (SSSR count). The predicted molar refractivity (Wildman–Crippen MR) is 263 cm³/mol. The number of phenolic OH excluding ortho intramolecular Hbond substituents is 1. The summed E-state index contributed by atoms with van der Waals surface area (Å²) >= 11 is 0. The Balaban J connectivity index is 1.43. The van der Waals surface area contributed by atoms with Crippen molar-refractivity contribution in [1.29, 1.82) is 0 Å². The molecule has 0 saturated heterocycles. The second-order valence-corrected chi connectivity index (χ2v) is 21.1. The third-order valence-corrected chi connectivity index (χ3v) is 12.2. The van der Waals surface area contributed by atoms with Crippen molar-refractivity contribution in [3.63, 3.8) is 0 Å². The lowest BCUT2D eigenvalue weighted by Gasteiger charge is -2.27. The van der Waals surface area contributed by atoms with Crippen LogP contribution in [0.5, 0.6) is 5.75 Å². The van der Waals surface area contributed by atoms with Crippen LogP contribution in [0.2, 0.25) is 0 Å². The number of para-hydroxylation sites is 2. The molecule has 0 atom stereocenters. The molecule has 0 amide bonds. The molecule has 0 fully saturated rings. The number of imidazole rings is 1. The van der Waals surface area contributed by atoms with E-state index in [0.717, 1.165) is 72.5 Å². The fourth-order valence-electron chi connectivity index (χ4n) is 8.39. The smallest absolute Gasteiger partial charge is 0.149 e. The van der Waals surface area contributed by atoms with Crippen molar-refractivity contribution in [3.05, 3.63) is 168 Å². The molecule has 0 saturated carbocycles. The van der Waals surface area contributed by atoms with Gasteiger partial charge in [0.2, 0.25) is 0 Å². The lowest BCUT2D eigenvalue weighted by molar-refractivity contribution is 0.446. The van der Waals surface area contributed by atoms with E-state index in [1.165, 1.54) is 11.1 Å². The van der Waals surface area contributed by atoms with Crippen LogP contribution in [-0.2, 0) is 21.7 Å². The highest BCUT2D eigenvalue weighted by atomic mass is 16.3. The van der Waals surface area contributed by atoms with Gasteiger partial charge in [-0.1, -0.05) is 180 Å². The standard InChI is InChI=1S/C58H61N3O/c1-55(2,3)42-27-25-38(26-28-42)45-21-16-17-23-50(45)61-51-24-18-22-46(52(51)60-54(61)47-35-44(57(7,8)9)36-48(53(47)62)58(10,11)12)40-31-41(33-43(32-40)56(4,5)6)49-34-39(29-30-59-49)37-19-14-13-15-20-37/h13-36,62H,1-12H3. The lowest BCUT2D eigenvalue weighted by Crippen LogP contribution is -2.17. The van der Waals surface area contributed by atoms with Crippen LogP contribution in [0.25, 0.3) is 72.7 Å². The number of fused-ring (bicyclic) bond motifs is 1. The van der Waals surface area contributed by atoms with Crippen LogP contribution in [0.3, 0.4) is 0 Å². The van der Waals surface area contributed by atoms with E-state index in [-0.39, 0.29) is 27.4 Å². The quantitative estimate of drug-likeness (QED) is 0.182. The number of benzene rings is 6. The summed E-state index contributed by atoms with van der Waals surface area (Å²) < 4.78 is 2.28. The normalized spacial score (nSPS) is 12.6. The zero-order valence-corrected chi connectivity index (χ0v) is 38.6. The number of aromatic nitrogens is 3. The van der Waals surface area contributed by atoms with E-state index in [0.29, 0.717) is 11.4 Å². The summed E-state index contributed by atoms with van der Waals surface area (Å²) in [5, 5.41) is 12.5. The van der Waals surface area contributed by atoms with Gasteiger partial charge in [0.1, 0.15) is 11.6 Å². The lowest BCUT2D eigenvalue weighted by atomic mass is 9.79. The Morgan fingerprint density at radius 1 is 0.435 bits per heavy atom. The molecule has 0 aliphatic carbocycles. The molecule has 62 heavy (non-hydrogen) atoms. The molecule has 4 heteroatoms. The van der Waals surface area contributed by atoms with Gasteiger partial charge in [-0.2, -0.15) is 0 Å². The van der Waals surface area contributed by atoms with Crippen LogP contribution in [0.1, 0.15) is 105 Å². The van der Waals surface area contributed by atoms with Crippen molar-refractivity contribution in [2.24, 2.45) is 0 Å². The van der Waals surface area contributed by atoms with Gasteiger partial charge in [-0.15, -0.1) is 0 Å². The fraction of sp³-hybridized carbons (Fsp3) is 0.276. The Morgan fingerprint density at radius 2 is 1.05 bits per heavy atom. The first-order valence-electron chi connectivity index (χ1n) is 22.0. The van der Waals surface area contributed by atoms with Crippen LogP contribution in [-0.4, -0.2) is 19.6 Å². The molecule has 8 aromatic rings. The van der Waals surface area contributed by atoms with E-state index in [4.69, 9.17) is 9.97 Å². The number of aromatic hydroxyl groups is 1. The molecule has 0 aliphatic heterocycles. The van der Waals surface area contributed by atoms with Gasteiger partial charge in [0, 0.05) is 28.5 Å².